The van der Waals surface area contributed by atoms with Crippen LogP contribution >= 0.6 is 0 Å². The van der Waals surface area contributed by atoms with Gasteiger partial charge in [0.2, 0.25) is 0 Å². The molecule has 0 N–H and O–H groups in total. The molecule has 16 radical (unpaired) electrons. The SMILES string of the molecule is [B]c1c([B])c([B])c2c(c1[B])-c1c([B])c([B])c([B])c([B])c1C21c2ccccc2-c2c(-c3ccc(N(c4ccc(-c5ccccc5)cc4)c4ccc(-n5c6ccccc6c6ccccc65)cc4)cc3)cccc21. The number of rotatable bonds is 6. The second kappa shape index (κ2) is 16.2. The van der Waals surface area contributed by atoms with E-state index in [2.05, 4.69) is 185 Å². The number of aromatic nitrogens is 1. The van der Waals surface area contributed by atoms with Crippen molar-refractivity contribution in [2.24, 2.45) is 0 Å². The molecule has 71 heavy (non-hydrogen) atoms. The van der Waals surface area contributed by atoms with Crippen molar-refractivity contribution in [3.05, 3.63) is 216 Å². The molecular weight excluding hydrogens is 847 g/mol. The summed E-state index contributed by atoms with van der Waals surface area (Å²) in [5.41, 5.74) is 17.6. The quantitative estimate of drug-likeness (QED) is 0.179. The summed E-state index contributed by atoms with van der Waals surface area (Å²) in [5, 5.41) is 2.45. The Kier molecular flexibility index (Phi) is 9.88. The lowest BCUT2D eigenvalue weighted by Crippen LogP contribution is -2.52. The van der Waals surface area contributed by atoms with Crippen LogP contribution in [0.4, 0.5) is 17.1 Å². The van der Waals surface area contributed by atoms with Gasteiger partial charge >= 0.3 is 0 Å². The van der Waals surface area contributed by atoms with E-state index in [1.165, 1.54) is 10.8 Å². The lowest BCUT2D eigenvalue weighted by atomic mass is 9.57. The lowest BCUT2D eigenvalue weighted by Gasteiger charge is -2.35. The predicted octanol–water partition coefficient (Wildman–Crippen LogP) is 6.28. The molecule has 0 unspecified atom stereocenters. The van der Waals surface area contributed by atoms with Gasteiger partial charge in [0, 0.05) is 33.5 Å². The van der Waals surface area contributed by atoms with Gasteiger partial charge in [0.1, 0.15) is 62.8 Å². The van der Waals surface area contributed by atoms with Crippen molar-refractivity contribution in [2.45, 2.75) is 5.41 Å². The fourth-order valence-corrected chi connectivity index (χ4v) is 11.8. The highest BCUT2D eigenvalue weighted by molar-refractivity contribution is 6.67. The zero-order valence-corrected chi connectivity index (χ0v) is 38.5. The standard InChI is InChI=1S/C61H32B8N2/c62-53-49-50-52(56(65)60(69)58(67)54(50)63)61(51(49)55(64)59(68)57(53)66)44-17-7-4-15-43(44)48-40(16-10-18-45(48)61)35-23-27-37(28-24-35)70(36-25-21-34(22-26-36)33-11-2-1-3-12-33)38-29-31-39(32-30-38)71-46-19-8-5-13-41(46)42-14-6-9-20-47(42)71/h1-32H. The van der Waals surface area contributed by atoms with Crippen LogP contribution in [0.25, 0.3) is 72.0 Å². The fraction of sp³-hybridized carbons (Fsp3) is 0.0164. The lowest BCUT2D eigenvalue weighted by molar-refractivity contribution is 0.806. The first kappa shape index (κ1) is 43.3. The molecule has 13 rings (SSSR count). The molecule has 2 nitrogen and oxygen atoms in total. The molecule has 0 atom stereocenters. The van der Waals surface area contributed by atoms with Crippen molar-refractivity contribution in [3.63, 3.8) is 0 Å². The van der Waals surface area contributed by atoms with Crippen molar-refractivity contribution in [3.8, 4) is 50.2 Å². The first-order chi connectivity index (χ1) is 34.6. The van der Waals surface area contributed by atoms with Gasteiger partial charge in [-0.3, -0.25) is 0 Å². The van der Waals surface area contributed by atoms with Crippen LogP contribution in [0.5, 0.6) is 0 Å². The molecule has 0 amide bonds. The second-order valence-corrected chi connectivity index (χ2v) is 18.5. The van der Waals surface area contributed by atoms with Gasteiger partial charge in [-0.2, -0.15) is 0 Å². The Balaban J connectivity index is 0.973. The van der Waals surface area contributed by atoms with Gasteiger partial charge in [-0.1, -0.05) is 155 Å². The molecule has 0 saturated carbocycles. The third-order valence-corrected chi connectivity index (χ3v) is 15.0. The van der Waals surface area contributed by atoms with Gasteiger partial charge in [0.15, 0.2) is 0 Å². The van der Waals surface area contributed by atoms with Crippen LogP contribution in [0.1, 0.15) is 22.3 Å². The summed E-state index contributed by atoms with van der Waals surface area (Å²) in [6, 6.07) is 68.5. The number of anilines is 3. The predicted molar refractivity (Wildman–Crippen MR) is 306 cm³/mol. The number of hydrogen-bond donors (Lipinski definition) is 0. The second-order valence-electron chi connectivity index (χ2n) is 18.5. The van der Waals surface area contributed by atoms with Crippen LogP contribution < -0.4 is 48.6 Å². The fourth-order valence-electron chi connectivity index (χ4n) is 11.8. The van der Waals surface area contributed by atoms with Gasteiger partial charge in [0.25, 0.3) is 0 Å². The van der Waals surface area contributed by atoms with E-state index in [1.807, 2.05) is 18.2 Å². The van der Waals surface area contributed by atoms with E-state index >= 15 is 0 Å². The van der Waals surface area contributed by atoms with Gasteiger partial charge in [-0.25, -0.2) is 0 Å². The first-order valence-electron chi connectivity index (χ1n) is 23.5. The van der Waals surface area contributed by atoms with Gasteiger partial charge < -0.3 is 9.47 Å². The molecule has 10 aromatic carbocycles. The Labute approximate surface area is 424 Å². The van der Waals surface area contributed by atoms with E-state index in [1.54, 1.807) is 0 Å². The normalized spacial score (nSPS) is 12.8. The highest BCUT2D eigenvalue weighted by atomic mass is 15.1. The van der Waals surface area contributed by atoms with E-state index in [0.29, 0.717) is 22.3 Å². The first-order valence-corrected chi connectivity index (χ1v) is 23.5. The summed E-state index contributed by atoms with van der Waals surface area (Å²) in [4.78, 5) is 2.30. The van der Waals surface area contributed by atoms with Crippen LogP contribution in [-0.4, -0.2) is 67.3 Å². The Morgan fingerprint density at radius 3 is 1.30 bits per heavy atom. The van der Waals surface area contributed by atoms with Crippen LogP contribution in [0.2, 0.25) is 0 Å². The minimum atomic E-state index is -1.12. The molecule has 10 heteroatoms. The average Bonchev–Trinajstić information content (AvgIpc) is 4.04. The molecule has 1 heterocycles. The van der Waals surface area contributed by atoms with Crippen molar-refractivity contribution < 1.29 is 0 Å². The van der Waals surface area contributed by atoms with Gasteiger partial charge in [-0.05, 0) is 127 Å². The maximum Gasteiger partial charge on any atom is 0.113 e. The highest BCUT2D eigenvalue weighted by Crippen LogP contribution is 2.62. The summed E-state index contributed by atoms with van der Waals surface area (Å²) >= 11 is 0. The molecule has 2 aliphatic rings. The number of hydrogen-bond acceptors (Lipinski definition) is 1. The molecule has 0 bridgehead atoms. The van der Waals surface area contributed by atoms with Crippen LogP contribution in [0.3, 0.4) is 0 Å². The van der Waals surface area contributed by atoms with Crippen molar-refractivity contribution in [1.82, 2.24) is 4.57 Å². The van der Waals surface area contributed by atoms with E-state index in [0.717, 1.165) is 78.3 Å². The third kappa shape index (κ3) is 6.07. The van der Waals surface area contributed by atoms with Crippen molar-refractivity contribution in [2.75, 3.05) is 4.90 Å². The summed E-state index contributed by atoms with van der Waals surface area (Å²) < 4.78 is 2.34. The van der Waals surface area contributed by atoms with Gasteiger partial charge in [-0.15, -0.1) is 21.9 Å². The molecule has 1 spiro atoms. The van der Waals surface area contributed by atoms with Crippen LogP contribution in [0.15, 0.2) is 194 Å². The van der Waals surface area contributed by atoms with E-state index in [4.69, 9.17) is 62.8 Å². The number of fused-ring (bicyclic) bond motifs is 13. The summed E-state index contributed by atoms with van der Waals surface area (Å²) in [6.45, 7) is 0. The minimum Gasteiger partial charge on any atom is -0.311 e. The zero-order chi connectivity index (χ0) is 48.4. The molecule has 0 fully saturated rings. The third-order valence-electron chi connectivity index (χ3n) is 15.0. The Hall–Kier alpha value is -7.68. The van der Waals surface area contributed by atoms with Crippen LogP contribution in [-0.2, 0) is 5.41 Å². The smallest absolute Gasteiger partial charge is 0.113 e. The monoisotopic (exact) mass is 880 g/mol. The number of para-hydroxylation sites is 2. The Morgan fingerprint density at radius 1 is 0.310 bits per heavy atom. The summed E-state index contributed by atoms with van der Waals surface area (Å²) in [6.07, 6.45) is 0. The minimum absolute atomic E-state index is 0.165. The van der Waals surface area contributed by atoms with Gasteiger partial charge in [0.05, 0.1) is 16.4 Å². The molecular formula is C61H32B8N2. The molecule has 2 aliphatic carbocycles. The van der Waals surface area contributed by atoms with Crippen molar-refractivity contribution in [1.29, 1.82) is 0 Å². The topological polar surface area (TPSA) is 8.17 Å². The maximum atomic E-state index is 7.12. The Bertz CT molecular complexity index is 3890. The molecule has 0 saturated heterocycles. The van der Waals surface area contributed by atoms with E-state index < -0.39 is 5.41 Å². The number of nitrogens with zero attached hydrogens (tertiary/aromatic N) is 2. The summed E-state index contributed by atoms with van der Waals surface area (Å²) in [7, 11) is 54.7. The summed E-state index contributed by atoms with van der Waals surface area (Å²) in [5.74, 6) is 0. The average molecular weight is 879 g/mol. The molecule has 310 valence electrons. The molecule has 0 aliphatic heterocycles. The van der Waals surface area contributed by atoms with Crippen LogP contribution in [0, 0.1) is 0 Å². The molecule has 1 aromatic heterocycles. The zero-order valence-electron chi connectivity index (χ0n) is 38.5. The maximum absolute atomic E-state index is 7.12. The van der Waals surface area contributed by atoms with E-state index in [-0.39, 0.29) is 43.7 Å². The van der Waals surface area contributed by atoms with E-state index in [9.17, 15) is 0 Å². The molecule has 11 aromatic rings. The highest BCUT2D eigenvalue weighted by Gasteiger charge is 2.54. The van der Waals surface area contributed by atoms with Crippen molar-refractivity contribution >= 4 is 145 Å². The largest absolute Gasteiger partial charge is 0.311 e. The number of benzene rings is 10. The Morgan fingerprint density at radius 2 is 0.732 bits per heavy atom.